The third-order valence-electron chi connectivity index (χ3n) is 4.49. The van der Waals surface area contributed by atoms with E-state index in [0.29, 0.717) is 6.04 Å². The summed E-state index contributed by atoms with van der Waals surface area (Å²) in [6.45, 7) is 6.60. The minimum absolute atomic E-state index is 0.546. The number of piperidine rings is 1. The quantitative estimate of drug-likeness (QED) is 0.902. The van der Waals surface area contributed by atoms with Gasteiger partial charge in [0.1, 0.15) is 0 Å². The van der Waals surface area contributed by atoms with Gasteiger partial charge in [-0.3, -0.25) is 0 Å². The molecule has 4 heteroatoms. The first kappa shape index (κ1) is 12.9. The summed E-state index contributed by atoms with van der Waals surface area (Å²) in [6, 6.07) is 1.28. The molecule has 0 bridgehead atoms. The third kappa shape index (κ3) is 3.06. The molecule has 0 spiro atoms. The highest BCUT2D eigenvalue weighted by Gasteiger charge is 2.26. The van der Waals surface area contributed by atoms with E-state index in [9.17, 15) is 0 Å². The van der Waals surface area contributed by atoms with Crippen molar-refractivity contribution in [3.63, 3.8) is 0 Å². The Kier molecular flexibility index (Phi) is 3.69. The predicted octanol–water partition coefficient (Wildman–Crippen LogP) is 2.35. The van der Waals surface area contributed by atoms with E-state index in [1.165, 1.54) is 31.2 Å². The van der Waals surface area contributed by atoms with E-state index in [4.69, 9.17) is 0 Å². The molecule has 1 aromatic rings. The molecule has 1 saturated heterocycles. The summed E-state index contributed by atoms with van der Waals surface area (Å²) >= 11 is 0. The first-order valence-corrected chi connectivity index (χ1v) is 7.55. The molecule has 0 radical (unpaired) electrons. The summed E-state index contributed by atoms with van der Waals surface area (Å²) in [5, 5.41) is 3.49. The molecule has 2 aliphatic rings. The third-order valence-corrected chi connectivity index (χ3v) is 4.49. The summed E-state index contributed by atoms with van der Waals surface area (Å²) in [6.07, 6.45) is 9.17. The van der Waals surface area contributed by atoms with Gasteiger partial charge in [0.15, 0.2) is 0 Å². The van der Waals surface area contributed by atoms with Crippen LogP contribution in [-0.2, 0) is 6.54 Å². The van der Waals surface area contributed by atoms with E-state index in [-0.39, 0.29) is 0 Å². The minimum atomic E-state index is 0.546. The number of anilines is 1. The molecule has 2 heterocycles. The highest BCUT2D eigenvalue weighted by Crippen LogP contribution is 2.26. The van der Waals surface area contributed by atoms with Crippen LogP contribution in [0.2, 0.25) is 0 Å². The monoisotopic (exact) mass is 260 g/mol. The van der Waals surface area contributed by atoms with Crippen molar-refractivity contribution in [2.45, 2.75) is 58.2 Å². The maximum Gasteiger partial charge on any atom is 0.225 e. The number of nitrogens with zero attached hydrogens (tertiary/aromatic N) is 3. The van der Waals surface area contributed by atoms with Crippen LogP contribution in [0.25, 0.3) is 0 Å². The molecule has 19 heavy (non-hydrogen) atoms. The highest BCUT2D eigenvalue weighted by molar-refractivity contribution is 5.32. The Morgan fingerprint density at radius 1 is 1.21 bits per heavy atom. The van der Waals surface area contributed by atoms with E-state index >= 15 is 0 Å². The van der Waals surface area contributed by atoms with Gasteiger partial charge in [-0.15, -0.1) is 0 Å². The lowest BCUT2D eigenvalue weighted by molar-refractivity contribution is 0.359. The Morgan fingerprint density at radius 2 is 1.95 bits per heavy atom. The normalized spacial score (nSPS) is 27.6. The van der Waals surface area contributed by atoms with Gasteiger partial charge >= 0.3 is 0 Å². The van der Waals surface area contributed by atoms with Crippen molar-refractivity contribution < 1.29 is 0 Å². The van der Waals surface area contributed by atoms with Crippen molar-refractivity contribution in [1.29, 1.82) is 0 Å². The molecular weight excluding hydrogens is 236 g/mol. The maximum absolute atomic E-state index is 4.56. The molecule has 0 amide bonds. The van der Waals surface area contributed by atoms with Crippen LogP contribution in [0, 0.1) is 5.92 Å². The summed E-state index contributed by atoms with van der Waals surface area (Å²) in [5.74, 6) is 1.63. The largest absolute Gasteiger partial charge is 0.338 e. The molecule has 104 valence electrons. The van der Waals surface area contributed by atoms with Crippen molar-refractivity contribution in [3.05, 3.63) is 18.0 Å². The van der Waals surface area contributed by atoms with Crippen molar-refractivity contribution in [3.8, 4) is 0 Å². The molecule has 1 aliphatic heterocycles. The Labute approximate surface area is 115 Å². The fraction of sp³-hybridized carbons (Fsp3) is 0.733. The second kappa shape index (κ2) is 5.45. The van der Waals surface area contributed by atoms with Crippen LogP contribution in [0.3, 0.4) is 0 Å². The van der Waals surface area contributed by atoms with Crippen molar-refractivity contribution >= 4 is 5.95 Å². The smallest absolute Gasteiger partial charge is 0.225 e. The Morgan fingerprint density at radius 3 is 2.63 bits per heavy atom. The number of hydrogen-bond donors (Lipinski definition) is 1. The molecule has 0 aromatic carbocycles. The van der Waals surface area contributed by atoms with Gasteiger partial charge in [0, 0.05) is 43.1 Å². The summed E-state index contributed by atoms with van der Waals surface area (Å²) < 4.78 is 0. The Balaban J connectivity index is 1.63. The average molecular weight is 260 g/mol. The van der Waals surface area contributed by atoms with E-state index in [1.807, 2.05) is 12.4 Å². The van der Waals surface area contributed by atoms with Crippen LogP contribution in [-0.4, -0.2) is 28.6 Å². The zero-order valence-electron chi connectivity index (χ0n) is 12.0. The van der Waals surface area contributed by atoms with Gasteiger partial charge in [-0.05, 0) is 38.5 Å². The lowest BCUT2D eigenvalue weighted by Crippen LogP contribution is -2.43. The summed E-state index contributed by atoms with van der Waals surface area (Å²) in [7, 11) is 0. The van der Waals surface area contributed by atoms with E-state index < -0.39 is 0 Å². The number of rotatable bonds is 4. The zero-order chi connectivity index (χ0) is 13.2. The lowest BCUT2D eigenvalue weighted by Gasteiger charge is -2.37. The molecule has 1 N–H and O–H groups in total. The molecule has 2 unspecified atom stereocenters. The van der Waals surface area contributed by atoms with E-state index in [0.717, 1.165) is 31.0 Å². The SMILES string of the molecule is CC1CCCN(c2ncc(CNC3CC3)cn2)C1C. The second-order valence-corrected chi connectivity index (χ2v) is 6.10. The minimum Gasteiger partial charge on any atom is -0.338 e. The predicted molar refractivity (Wildman–Crippen MR) is 77.1 cm³/mol. The first-order valence-electron chi connectivity index (χ1n) is 7.55. The van der Waals surface area contributed by atoms with Gasteiger partial charge in [-0.1, -0.05) is 6.92 Å². The standard InChI is InChI=1S/C15H24N4/c1-11-4-3-7-19(12(11)2)15-17-9-13(10-18-15)8-16-14-5-6-14/h9-12,14,16H,3-8H2,1-2H3. The zero-order valence-corrected chi connectivity index (χ0v) is 12.0. The first-order chi connectivity index (χ1) is 9.24. The molecule has 2 atom stereocenters. The molecule has 4 nitrogen and oxygen atoms in total. The van der Waals surface area contributed by atoms with Gasteiger partial charge in [0.2, 0.25) is 5.95 Å². The van der Waals surface area contributed by atoms with Gasteiger partial charge in [-0.25, -0.2) is 9.97 Å². The van der Waals surface area contributed by atoms with Crippen LogP contribution < -0.4 is 10.2 Å². The van der Waals surface area contributed by atoms with Crippen LogP contribution in [0.15, 0.2) is 12.4 Å². The fourth-order valence-corrected chi connectivity index (χ4v) is 2.75. The molecule has 1 aliphatic carbocycles. The maximum atomic E-state index is 4.56. The molecular formula is C15H24N4. The molecule has 2 fully saturated rings. The second-order valence-electron chi connectivity index (χ2n) is 6.10. The number of aromatic nitrogens is 2. The Hall–Kier alpha value is -1.16. The average Bonchev–Trinajstić information content (AvgIpc) is 3.25. The van der Waals surface area contributed by atoms with Crippen LogP contribution in [0.1, 0.15) is 45.1 Å². The lowest BCUT2D eigenvalue weighted by atomic mass is 9.92. The molecule has 1 saturated carbocycles. The van der Waals surface area contributed by atoms with Crippen LogP contribution in [0.4, 0.5) is 5.95 Å². The number of hydrogen-bond acceptors (Lipinski definition) is 4. The molecule has 1 aromatic heterocycles. The molecule has 3 rings (SSSR count). The van der Waals surface area contributed by atoms with E-state index in [1.54, 1.807) is 0 Å². The summed E-state index contributed by atoms with van der Waals surface area (Å²) in [4.78, 5) is 11.5. The Bertz CT molecular complexity index is 413. The van der Waals surface area contributed by atoms with Gasteiger partial charge in [-0.2, -0.15) is 0 Å². The van der Waals surface area contributed by atoms with Crippen molar-refractivity contribution in [2.24, 2.45) is 5.92 Å². The number of nitrogens with one attached hydrogen (secondary N) is 1. The van der Waals surface area contributed by atoms with E-state index in [2.05, 4.69) is 34.0 Å². The van der Waals surface area contributed by atoms with Crippen molar-refractivity contribution in [2.75, 3.05) is 11.4 Å². The highest BCUT2D eigenvalue weighted by atomic mass is 15.3. The summed E-state index contributed by atoms with van der Waals surface area (Å²) in [5.41, 5.74) is 1.19. The van der Waals surface area contributed by atoms with Crippen LogP contribution in [0.5, 0.6) is 0 Å². The van der Waals surface area contributed by atoms with Crippen LogP contribution >= 0.6 is 0 Å². The van der Waals surface area contributed by atoms with Gasteiger partial charge in [0.05, 0.1) is 0 Å². The fourth-order valence-electron chi connectivity index (χ4n) is 2.75. The topological polar surface area (TPSA) is 41.1 Å². The van der Waals surface area contributed by atoms with Crippen molar-refractivity contribution in [1.82, 2.24) is 15.3 Å². The van der Waals surface area contributed by atoms with Gasteiger partial charge in [0.25, 0.3) is 0 Å². The van der Waals surface area contributed by atoms with Gasteiger partial charge < -0.3 is 10.2 Å².